The average Bonchev–Trinajstić information content (AvgIpc) is 2.03. The Labute approximate surface area is 89.9 Å². The number of aromatic nitrogens is 2. The Morgan fingerprint density at radius 3 is 2.85 bits per heavy atom. The predicted molar refractivity (Wildman–Crippen MR) is 55.5 cm³/mol. The fourth-order valence-corrected chi connectivity index (χ4v) is 1.07. The first-order valence-electron chi connectivity index (χ1n) is 3.67. The minimum absolute atomic E-state index is 0.413. The third-order valence-electron chi connectivity index (χ3n) is 1.25. The number of nitrogens with zero attached hydrogens (tertiary/aromatic N) is 2. The molecule has 13 heavy (non-hydrogen) atoms. The van der Waals surface area contributed by atoms with Crippen molar-refractivity contribution in [2.24, 2.45) is 0 Å². The average molecular weight is 292 g/mol. The van der Waals surface area contributed by atoms with Crippen LogP contribution in [0.1, 0.15) is 13.8 Å². The molecule has 1 rings (SSSR count). The van der Waals surface area contributed by atoms with E-state index in [1.807, 2.05) is 22.6 Å². The number of hydrogen-bond acceptors (Lipinski definition) is 4. The van der Waals surface area contributed by atoms with Gasteiger partial charge in [0, 0.05) is 34.9 Å². The van der Waals surface area contributed by atoms with E-state index in [9.17, 15) is 4.79 Å². The van der Waals surface area contributed by atoms with Crippen LogP contribution < -0.4 is 4.74 Å². The van der Waals surface area contributed by atoms with E-state index >= 15 is 0 Å². The highest BCUT2D eigenvalue weighted by Crippen LogP contribution is 2.13. The summed E-state index contributed by atoms with van der Waals surface area (Å²) in [7, 11) is 0. The number of carbonyl (C=O) groups excluding carboxylic acids is 1. The van der Waals surface area contributed by atoms with Crippen LogP contribution in [0.25, 0.3) is 0 Å². The zero-order valence-corrected chi connectivity index (χ0v) is 9.48. The van der Waals surface area contributed by atoms with Crippen molar-refractivity contribution >= 4 is 28.9 Å². The summed E-state index contributed by atoms with van der Waals surface area (Å²) < 4.78 is 5.90. The van der Waals surface area contributed by atoms with Crippen LogP contribution in [0.15, 0.2) is 12.3 Å². The summed E-state index contributed by atoms with van der Waals surface area (Å²) in [6.45, 7) is 3.35. The van der Waals surface area contributed by atoms with Crippen molar-refractivity contribution in [2.75, 3.05) is 0 Å². The van der Waals surface area contributed by atoms with Crippen molar-refractivity contribution in [1.82, 2.24) is 9.97 Å². The molecule has 0 saturated carbocycles. The summed E-state index contributed by atoms with van der Waals surface area (Å²) in [5.41, 5.74) is -0.836. The Bertz CT molecular complexity index is 315. The molecule has 5 heteroatoms. The minimum atomic E-state index is -0.836. The van der Waals surface area contributed by atoms with E-state index in [2.05, 4.69) is 9.97 Å². The van der Waals surface area contributed by atoms with Crippen molar-refractivity contribution in [3.63, 3.8) is 0 Å². The van der Waals surface area contributed by atoms with E-state index in [1.165, 1.54) is 0 Å². The maximum Gasteiger partial charge on any atom is 0.218 e. The molecule has 0 saturated heterocycles. The van der Waals surface area contributed by atoms with Crippen LogP contribution in [-0.2, 0) is 4.79 Å². The van der Waals surface area contributed by atoms with E-state index in [0.717, 1.165) is 6.29 Å². The maximum atomic E-state index is 10.5. The van der Waals surface area contributed by atoms with Gasteiger partial charge in [-0.2, -0.15) is 4.98 Å². The van der Waals surface area contributed by atoms with Gasteiger partial charge in [-0.25, -0.2) is 4.98 Å². The molecule has 0 fully saturated rings. The molecule has 1 aromatic rings. The molecular formula is C8H9IN2O2. The van der Waals surface area contributed by atoms with Crippen LogP contribution in [0.2, 0.25) is 0 Å². The third-order valence-corrected chi connectivity index (χ3v) is 1.77. The number of ether oxygens (including phenoxy) is 1. The van der Waals surface area contributed by atoms with Gasteiger partial charge in [-0.15, -0.1) is 0 Å². The van der Waals surface area contributed by atoms with E-state index in [1.54, 1.807) is 26.1 Å². The summed E-state index contributed by atoms with van der Waals surface area (Å²) in [6.07, 6.45) is 2.33. The lowest BCUT2D eigenvalue weighted by Gasteiger charge is -2.18. The normalized spacial score (nSPS) is 11.0. The van der Waals surface area contributed by atoms with Crippen LogP contribution in [0.5, 0.6) is 5.88 Å². The standard InChI is InChI=1S/C8H9IN2O2/c1-8(2,5-12)13-6-3-4-10-7(9)11-6/h3-5H,1-2H3. The molecule has 0 aliphatic heterocycles. The highest BCUT2D eigenvalue weighted by Gasteiger charge is 2.18. The first-order chi connectivity index (χ1) is 6.03. The number of aldehydes is 1. The topological polar surface area (TPSA) is 52.1 Å². The maximum absolute atomic E-state index is 10.5. The first kappa shape index (κ1) is 10.4. The number of carbonyl (C=O) groups is 1. The summed E-state index contributed by atoms with van der Waals surface area (Å²) in [6, 6.07) is 1.62. The van der Waals surface area contributed by atoms with Gasteiger partial charge in [0.15, 0.2) is 15.7 Å². The Kier molecular flexibility index (Phi) is 3.18. The molecule has 4 nitrogen and oxygen atoms in total. The minimum Gasteiger partial charge on any atom is -0.464 e. The van der Waals surface area contributed by atoms with Gasteiger partial charge in [0.05, 0.1) is 0 Å². The molecule has 0 N–H and O–H groups in total. The quantitative estimate of drug-likeness (QED) is 0.480. The number of rotatable bonds is 3. The molecule has 0 radical (unpaired) electrons. The fraction of sp³-hybridized carbons (Fsp3) is 0.375. The van der Waals surface area contributed by atoms with Crippen LogP contribution in [0.3, 0.4) is 0 Å². The Hall–Kier alpha value is -0.720. The highest BCUT2D eigenvalue weighted by atomic mass is 127. The molecule has 0 bridgehead atoms. The first-order valence-corrected chi connectivity index (χ1v) is 4.75. The van der Waals surface area contributed by atoms with Gasteiger partial charge in [-0.05, 0) is 13.8 Å². The van der Waals surface area contributed by atoms with E-state index < -0.39 is 5.60 Å². The Morgan fingerprint density at radius 1 is 1.62 bits per heavy atom. The summed E-state index contributed by atoms with van der Waals surface area (Å²) >= 11 is 1.98. The molecule has 70 valence electrons. The summed E-state index contributed by atoms with van der Waals surface area (Å²) in [4.78, 5) is 18.4. The molecule has 0 aliphatic carbocycles. The molecular weight excluding hydrogens is 283 g/mol. The molecule has 0 amide bonds. The molecule has 1 heterocycles. The van der Waals surface area contributed by atoms with Gasteiger partial charge in [-0.1, -0.05) is 0 Å². The zero-order valence-electron chi connectivity index (χ0n) is 7.32. The lowest BCUT2D eigenvalue weighted by atomic mass is 10.2. The van der Waals surface area contributed by atoms with Crippen LogP contribution in [0, 0.1) is 3.83 Å². The van der Waals surface area contributed by atoms with Crippen LogP contribution in [0.4, 0.5) is 0 Å². The Morgan fingerprint density at radius 2 is 2.31 bits per heavy atom. The predicted octanol–water partition coefficient (Wildman–Crippen LogP) is 1.44. The second-order valence-corrected chi connectivity index (χ2v) is 3.95. The molecule has 0 aliphatic rings. The van der Waals surface area contributed by atoms with Crippen LogP contribution >= 0.6 is 22.6 Å². The monoisotopic (exact) mass is 292 g/mol. The Balaban J connectivity index is 2.80. The second kappa shape index (κ2) is 3.99. The smallest absolute Gasteiger partial charge is 0.218 e. The van der Waals surface area contributed by atoms with E-state index in [4.69, 9.17) is 4.74 Å². The molecule has 0 aromatic carbocycles. The van der Waals surface area contributed by atoms with Crippen molar-refractivity contribution < 1.29 is 9.53 Å². The largest absolute Gasteiger partial charge is 0.464 e. The van der Waals surface area contributed by atoms with Gasteiger partial charge in [-0.3, -0.25) is 4.79 Å². The van der Waals surface area contributed by atoms with Crippen molar-refractivity contribution in [2.45, 2.75) is 19.4 Å². The second-order valence-electron chi connectivity index (χ2n) is 2.99. The van der Waals surface area contributed by atoms with Crippen LogP contribution in [-0.4, -0.2) is 21.9 Å². The van der Waals surface area contributed by atoms with Crippen molar-refractivity contribution in [3.05, 3.63) is 16.1 Å². The molecule has 0 spiro atoms. The fourth-order valence-electron chi connectivity index (χ4n) is 0.670. The lowest BCUT2D eigenvalue weighted by Crippen LogP contribution is -2.30. The summed E-state index contributed by atoms with van der Waals surface area (Å²) in [5.74, 6) is 0.413. The summed E-state index contributed by atoms with van der Waals surface area (Å²) in [5, 5.41) is 0. The SMILES string of the molecule is CC(C)(C=O)Oc1ccnc(I)n1. The van der Waals surface area contributed by atoms with Crippen molar-refractivity contribution in [3.8, 4) is 5.88 Å². The lowest BCUT2D eigenvalue weighted by molar-refractivity contribution is -0.119. The zero-order chi connectivity index (χ0) is 9.90. The van der Waals surface area contributed by atoms with E-state index in [-0.39, 0.29) is 0 Å². The molecule has 0 unspecified atom stereocenters. The van der Waals surface area contributed by atoms with Gasteiger partial charge in [0.1, 0.15) is 0 Å². The number of hydrogen-bond donors (Lipinski definition) is 0. The molecule has 0 atom stereocenters. The van der Waals surface area contributed by atoms with Gasteiger partial charge in [0.2, 0.25) is 5.88 Å². The molecule has 1 aromatic heterocycles. The van der Waals surface area contributed by atoms with E-state index in [0.29, 0.717) is 9.71 Å². The van der Waals surface area contributed by atoms with Gasteiger partial charge < -0.3 is 4.74 Å². The number of halogens is 1. The third kappa shape index (κ3) is 3.25. The van der Waals surface area contributed by atoms with Gasteiger partial charge >= 0.3 is 0 Å². The van der Waals surface area contributed by atoms with Crippen molar-refractivity contribution in [1.29, 1.82) is 0 Å². The van der Waals surface area contributed by atoms with Gasteiger partial charge in [0.25, 0.3) is 0 Å². The highest BCUT2D eigenvalue weighted by molar-refractivity contribution is 14.1.